The van der Waals surface area contributed by atoms with E-state index in [1.807, 2.05) is 42.5 Å². The van der Waals surface area contributed by atoms with E-state index in [0.717, 1.165) is 22.4 Å². The van der Waals surface area contributed by atoms with Gasteiger partial charge in [0.25, 0.3) is 0 Å². The minimum atomic E-state index is -0.432. The Balaban J connectivity index is 2.19. The molecule has 88 valence electrons. The van der Waals surface area contributed by atoms with Gasteiger partial charge in [0.05, 0.1) is 0 Å². The number of benzene rings is 3. The van der Waals surface area contributed by atoms with Crippen LogP contribution < -0.4 is 0 Å². The molecule has 0 spiro atoms. The summed E-state index contributed by atoms with van der Waals surface area (Å²) in [7, 11) is 0. The Morgan fingerprint density at radius 2 is 1.50 bits per heavy atom. The molecule has 0 atom stereocenters. The van der Waals surface area contributed by atoms with E-state index in [9.17, 15) is 9.50 Å². The molecule has 0 heterocycles. The van der Waals surface area contributed by atoms with Gasteiger partial charge in [-0.15, -0.1) is 0 Å². The van der Waals surface area contributed by atoms with E-state index >= 15 is 0 Å². The van der Waals surface area contributed by atoms with Crippen molar-refractivity contribution < 1.29 is 9.50 Å². The Hall–Kier alpha value is -2.35. The Morgan fingerprint density at radius 3 is 2.28 bits per heavy atom. The molecule has 0 aliphatic heterocycles. The normalized spacial score (nSPS) is 10.7. The van der Waals surface area contributed by atoms with Crippen molar-refractivity contribution in [2.24, 2.45) is 0 Å². The highest BCUT2D eigenvalue weighted by atomic mass is 19.1. The van der Waals surface area contributed by atoms with Crippen molar-refractivity contribution in [3.8, 4) is 16.9 Å². The number of halogens is 1. The summed E-state index contributed by atoms with van der Waals surface area (Å²) in [6.07, 6.45) is 0. The zero-order chi connectivity index (χ0) is 12.5. The van der Waals surface area contributed by atoms with Crippen LogP contribution in [0.15, 0.2) is 60.7 Å². The molecular formula is C16H11FO. The van der Waals surface area contributed by atoms with Crippen LogP contribution in [0, 0.1) is 5.82 Å². The van der Waals surface area contributed by atoms with Crippen molar-refractivity contribution in [1.29, 1.82) is 0 Å². The lowest BCUT2D eigenvalue weighted by molar-refractivity contribution is 0.469. The van der Waals surface area contributed by atoms with Crippen LogP contribution in [0.5, 0.6) is 5.75 Å². The van der Waals surface area contributed by atoms with Gasteiger partial charge in [0, 0.05) is 6.07 Å². The van der Waals surface area contributed by atoms with Gasteiger partial charge in [0.1, 0.15) is 11.6 Å². The average Bonchev–Trinajstić information content (AvgIpc) is 2.37. The first-order chi connectivity index (χ1) is 8.72. The fraction of sp³-hybridized carbons (Fsp3) is 0. The summed E-state index contributed by atoms with van der Waals surface area (Å²) in [6, 6.07) is 18.0. The molecule has 0 radical (unpaired) electrons. The van der Waals surface area contributed by atoms with Gasteiger partial charge in [-0.25, -0.2) is 4.39 Å². The molecule has 0 saturated heterocycles. The predicted molar refractivity (Wildman–Crippen MR) is 71.0 cm³/mol. The molecule has 0 aliphatic carbocycles. The van der Waals surface area contributed by atoms with E-state index in [1.54, 1.807) is 6.07 Å². The van der Waals surface area contributed by atoms with Gasteiger partial charge in [-0.2, -0.15) is 0 Å². The monoisotopic (exact) mass is 238 g/mol. The first-order valence-electron chi connectivity index (χ1n) is 5.71. The van der Waals surface area contributed by atoms with Gasteiger partial charge in [-0.3, -0.25) is 0 Å². The van der Waals surface area contributed by atoms with Crippen LogP contribution in [-0.4, -0.2) is 5.11 Å². The van der Waals surface area contributed by atoms with Crippen LogP contribution >= 0.6 is 0 Å². The zero-order valence-electron chi connectivity index (χ0n) is 9.60. The summed E-state index contributed by atoms with van der Waals surface area (Å²) >= 11 is 0. The minimum Gasteiger partial charge on any atom is -0.508 e. The number of rotatable bonds is 1. The molecular weight excluding hydrogens is 227 g/mol. The summed E-state index contributed by atoms with van der Waals surface area (Å²) < 4.78 is 13.3. The highest BCUT2D eigenvalue weighted by Gasteiger charge is 2.03. The number of phenols is 1. The average molecular weight is 238 g/mol. The van der Waals surface area contributed by atoms with E-state index in [4.69, 9.17) is 0 Å². The lowest BCUT2D eigenvalue weighted by Crippen LogP contribution is -1.81. The maximum atomic E-state index is 13.3. The van der Waals surface area contributed by atoms with Crippen LogP contribution in [0.3, 0.4) is 0 Å². The number of hydrogen-bond acceptors (Lipinski definition) is 1. The van der Waals surface area contributed by atoms with Crippen molar-refractivity contribution >= 4 is 10.8 Å². The molecule has 1 N–H and O–H groups in total. The third-order valence-corrected chi connectivity index (χ3v) is 2.97. The number of phenolic OH excluding ortho intramolecular Hbond substituents is 1. The summed E-state index contributed by atoms with van der Waals surface area (Å²) in [4.78, 5) is 0. The van der Waals surface area contributed by atoms with Crippen LogP contribution in [0.25, 0.3) is 21.9 Å². The molecule has 0 bridgehead atoms. The number of aromatic hydroxyl groups is 1. The Labute approximate surface area is 104 Å². The molecule has 0 unspecified atom stereocenters. The molecule has 1 nitrogen and oxygen atoms in total. The van der Waals surface area contributed by atoms with Gasteiger partial charge in [-0.05, 0) is 40.1 Å². The highest BCUT2D eigenvalue weighted by Crippen LogP contribution is 2.27. The Bertz CT molecular complexity index is 699. The first kappa shape index (κ1) is 10.8. The van der Waals surface area contributed by atoms with Gasteiger partial charge >= 0.3 is 0 Å². The lowest BCUT2D eigenvalue weighted by Gasteiger charge is -2.05. The van der Waals surface area contributed by atoms with Gasteiger partial charge in [-0.1, -0.05) is 36.4 Å². The van der Waals surface area contributed by atoms with Crippen LogP contribution in [-0.2, 0) is 0 Å². The molecule has 2 heteroatoms. The first-order valence-corrected chi connectivity index (χ1v) is 5.71. The van der Waals surface area contributed by atoms with Crippen molar-refractivity contribution in [3.05, 3.63) is 66.5 Å². The second kappa shape index (κ2) is 4.15. The summed E-state index contributed by atoms with van der Waals surface area (Å²) in [5.74, 6) is -0.490. The van der Waals surface area contributed by atoms with Crippen molar-refractivity contribution in [1.82, 2.24) is 0 Å². The fourth-order valence-electron chi connectivity index (χ4n) is 2.11. The third-order valence-electron chi connectivity index (χ3n) is 2.97. The molecule has 0 aliphatic rings. The predicted octanol–water partition coefficient (Wildman–Crippen LogP) is 4.35. The van der Waals surface area contributed by atoms with Gasteiger partial charge < -0.3 is 5.11 Å². The van der Waals surface area contributed by atoms with E-state index in [-0.39, 0.29) is 5.75 Å². The zero-order valence-corrected chi connectivity index (χ0v) is 9.60. The molecule has 3 aromatic carbocycles. The molecule has 3 rings (SSSR count). The Kier molecular flexibility index (Phi) is 2.49. The second-order valence-corrected chi connectivity index (χ2v) is 4.26. The Morgan fingerprint density at radius 1 is 0.722 bits per heavy atom. The lowest BCUT2D eigenvalue weighted by atomic mass is 10.0. The summed E-state index contributed by atoms with van der Waals surface area (Å²) in [6.45, 7) is 0. The largest absolute Gasteiger partial charge is 0.508 e. The van der Waals surface area contributed by atoms with Crippen molar-refractivity contribution in [3.63, 3.8) is 0 Å². The third kappa shape index (κ3) is 1.93. The highest BCUT2D eigenvalue weighted by molar-refractivity contribution is 5.87. The smallest absolute Gasteiger partial charge is 0.127 e. The van der Waals surface area contributed by atoms with Crippen LogP contribution in [0.2, 0.25) is 0 Å². The van der Waals surface area contributed by atoms with Crippen molar-refractivity contribution in [2.45, 2.75) is 0 Å². The standard InChI is InChI=1S/C16H11FO/c17-15-8-14(9-16(18)10-15)13-6-5-11-3-1-2-4-12(11)7-13/h1-10,18H. The van der Waals surface area contributed by atoms with E-state index in [2.05, 4.69) is 0 Å². The summed E-state index contributed by atoms with van der Waals surface area (Å²) in [5.41, 5.74) is 1.57. The SMILES string of the molecule is Oc1cc(F)cc(-c2ccc3ccccc3c2)c1. The van der Waals surface area contributed by atoms with E-state index in [1.165, 1.54) is 6.07 Å². The maximum absolute atomic E-state index is 13.3. The quantitative estimate of drug-likeness (QED) is 0.668. The fourth-order valence-corrected chi connectivity index (χ4v) is 2.11. The topological polar surface area (TPSA) is 20.2 Å². The van der Waals surface area contributed by atoms with Crippen LogP contribution in [0.4, 0.5) is 4.39 Å². The molecule has 3 aromatic rings. The maximum Gasteiger partial charge on any atom is 0.127 e. The van der Waals surface area contributed by atoms with E-state index in [0.29, 0.717) is 5.56 Å². The molecule has 18 heavy (non-hydrogen) atoms. The molecule has 0 saturated carbocycles. The molecule has 0 aromatic heterocycles. The summed E-state index contributed by atoms with van der Waals surface area (Å²) in [5, 5.41) is 11.7. The van der Waals surface area contributed by atoms with Crippen LogP contribution in [0.1, 0.15) is 0 Å². The number of hydrogen-bond donors (Lipinski definition) is 1. The molecule has 0 amide bonds. The van der Waals surface area contributed by atoms with Crippen molar-refractivity contribution in [2.75, 3.05) is 0 Å². The minimum absolute atomic E-state index is 0.0573. The second-order valence-electron chi connectivity index (χ2n) is 4.26. The van der Waals surface area contributed by atoms with Gasteiger partial charge in [0.2, 0.25) is 0 Å². The van der Waals surface area contributed by atoms with E-state index < -0.39 is 5.82 Å². The number of fused-ring (bicyclic) bond motifs is 1. The van der Waals surface area contributed by atoms with Gasteiger partial charge in [0.15, 0.2) is 0 Å². The molecule has 0 fully saturated rings.